The minimum absolute atomic E-state index is 0.0699. The van der Waals surface area contributed by atoms with Gasteiger partial charge in [-0.1, -0.05) is 18.2 Å². The monoisotopic (exact) mass is 390 g/mol. The molecular weight excluding hydrogens is 364 g/mol. The van der Waals surface area contributed by atoms with Gasteiger partial charge in [0, 0.05) is 24.2 Å². The molecule has 1 amide bonds. The van der Waals surface area contributed by atoms with Crippen LogP contribution in [0.1, 0.15) is 30.4 Å². The van der Waals surface area contributed by atoms with E-state index < -0.39 is 0 Å². The lowest BCUT2D eigenvalue weighted by Crippen LogP contribution is -2.35. The van der Waals surface area contributed by atoms with E-state index >= 15 is 0 Å². The molecule has 0 bridgehead atoms. The molecular formula is C23H26N4O2. The minimum Gasteiger partial charge on any atom is -0.356 e. The number of aromatic nitrogens is 2. The van der Waals surface area contributed by atoms with Crippen LogP contribution in [0, 0.1) is 13.8 Å². The lowest BCUT2D eigenvalue weighted by molar-refractivity contribution is -0.116. The van der Waals surface area contributed by atoms with Crippen molar-refractivity contribution in [3.63, 3.8) is 0 Å². The Balaban J connectivity index is 1.65. The molecule has 2 aromatic carbocycles. The van der Waals surface area contributed by atoms with Crippen molar-refractivity contribution >= 4 is 28.3 Å². The highest BCUT2D eigenvalue weighted by Gasteiger charge is 2.19. The Bertz CT molecular complexity index is 1110. The van der Waals surface area contributed by atoms with Crippen LogP contribution in [0.3, 0.4) is 0 Å². The summed E-state index contributed by atoms with van der Waals surface area (Å²) in [6.07, 6.45) is 3.43. The Morgan fingerprint density at radius 2 is 1.79 bits per heavy atom. The maximum atomic E-state index is 12.8. The van der Waals surface area contributed by atoms with E-state index in [9.17, 15) is 9.59 Å². The zero-order valence-electron chi connectivity index (χ0n) is 16.9. The largest absolute Gasteiger partial charge is 0.356 e. The minimum atomic E-state index is -0.389. The molecule has 1 aliphatic rings. The van der Waals surface area contributed by atoms with E-state index in [1.807, 2.05) is 56.3 Å². The number of nitrogens with zero attached hydrogens (tertiary/aromatic N) is 3. The van der Waals surface area contributed by atoms with E-state index in [0.29, 0.717) is 0 Å². The van der Waals surface area contributed by atoms with Crippen LogP contribution in [-0.2, 0) is 11.3 Å². The van der Waals surface area contributed by atoms with E-state index in [2.05, 4.69) is 15.2 Å². The topological polar surface area (TPSA) is 67.2 Å². The van der Waals surface area contributed by atoms with Crippen molar-refractivity contribution in [1.29, 1.82) is 0 Å². The van der Waals surface area contributed by atoms with Gasteiger partial charge in [0.2, 0.25) is 5.91 Å². The van der Waals surface area contributed by atoms with Crippen LogP contribution < -0.4 is 15.9 Å². The fraction of sp³-hybridized carbons (Fsp3) is 0.348. The van der Waals surface area contributed by atoms with Gasteiger partial charge in [0.1, 0.15) is 12.4 Å². The highest BCUT2D eigenvalue weighted by atomic mass is 16.2. The van der Waals surface area contributed by atoms with Gasteiger partial charge in [0.15, 0.2) is 0 Å². The fourth-order valence-corrected chi connectivity index (χ4v) is 3.88. The lowest BCUT2D eigenvalue weighted by Gasteiger charge is -2.28. The van der Waals surface area contributed by atoms with Gasteiger partial charge in [0.05, 0.1) is 5.52 Å². The van der Waals surface area contributed by atoms with Gasteiger partial charge in [-0.2, -0.15) is 4.98 Å². The summed E-state index contributed by atoms with van der Waals surface area (Å²) >= 11 is 0. The number of fused-ring (bicyclic) bond motifs is 1. The normalized spacial score (nSPS) is 14.2. The molecule has 29 heavy (non-hydrogen) atoms. The standard InChI is InChI=1S/C23H26N4O2/c1-16-10-11-18(14-17(16)2)24-21(28)15-27-20-9-5-4-8-19(20)22(25-23(27)29)26-12-6-3-7-13-26/h4-5,8-11,14H,3,6-7,12-13,15H2,1-2H3,(H,24,28). The molecule has 150 valence electrons. The zero-order valence-corrected chi connectivity index (χ0v) is 16.9. The van der Waals surface area contributed by atoms with Crippen molar-refractivity contribution in [2.45, 2.75) is 39.7 Å². The third kappa shape index (κ3) is 4.01. The highest BCUT2D eigenvalue weighted by Crippen LogP contribution is 2.25. The number of rotatable bonds is 4. The molecule has 4 rings (SSSR count). The van der Waals surface area contributed by atoms with Crippen molar-refractivity contribution < 1.29 is 4.79 Å². The number of benzene rings is 2. The van der Waals surface area contributed by atoms with Gasteiger partial charge in [-0.05, 0) is 68.5 Å². The summed E-state index contributed by atoms with van der Waals surface area (Å²) < 4.78 is 1.46. The summed E-state index contributed by atoms with van der Waals surface area (Å²) in [7, 11) is 0. The van der Waals surface area contributed by atoms with E-state index in [0.717, 1.165) is 53.9 Å². The summed E-state index contributed by atoms with van der Waals surface area (Å²) in [6, 6.07) is 13.5. The number of aryl methyl sites for hydroxylation is 2. The van der Waals surface area contributed by atoms with Crippen LogP contribution in [0.4, 0.5) is 11.5 Å². The average molecular weight is 390 g/mol. The Kier molecular flexibility index (Phi) is 5.34. The molecule has 1 N–H and O–H groups in total. The van der Waals surface area contributed by atoms with E-state index in [1.54, 1.807) is 0 Å². The molecule has 6 heteroatoms. The molecule has 0 spiro atoms. The first kappa shape index (κ1) is 19.2. The third-order valence-electron chi connectivity index (χ3n) is 5.62. The second-order valence-corrected chi connectivity index (χ2v) is 7.72. The van der Waals surface area contributed by atoms with Crippen LogP contribution in [0.2, 0.25) is 0 Å². The van der Waals surface area contributed by atoms with Crippen LogP contribution in [0.5, 0.6) is 0 Å². The molecule has 0 saturated carbocycles. The smallest absolute Gasteiger partial charge is 0.350 e. The zero-order chi connectivity index (χ0) is 20.4. The second-order valence-electron chi connectivity index (χ2n) is 7.72. The van der Waals surface area contributed by atoms with Crippen LogP contribution in [-0.4, -0.2) is 28.5 Å². The Hall–Kier alpha value is -3.15. The molecule has 0 unspecified atom stereocenters. The maximum absolute atomic E-state index is 12.8. The molecule has 0 atom stereocenters. The van der Waals surface area contributed by atoms with Crippen LogP contribution >= 0.6 is 0 Å². The summed E-state index contributed by atoms with van der Waals surface area (Å²) in [6.45, 7) is 5.79. The predicted molar refractivity (Wildman–Crippen MR) is 117 cm³/mol. The summed E-state index contributed by atoms with van der Waals surface area (Å²) in [5.41, 5.74) is 3.36. The number of piperidine rings is 1. The van der Waals surface area contributed by atoms with Crippen molar-refractivity contribution in [2.24, 2.45) is 0 Å². The number of carbonyl (C=O) groups is 1. The number of hydrogen-bond donors (Lipinski definition) is 1. The highest BCUT2D eigenvalue weighted by molar-refractivity contribution is 5.94. The quantitative estimate of drug-likeness (QED) is 0.739. The van der Waals surface area contributed by atoms with Gasteiger partial charge in [0.25, 0.3) is 0 Å². The van der Waals surface area contributed by atoms with Crippen molar-refractivity contribution in [3.8, 4) is 0 Å². The molecule has 1 aromatic heterocycles. The number of carbonyl (C=O) groups excluding carboxylic acids is 1. The maximum Gasteiger partial charge on any atom is 0.350 e. The van der Waals surface area contributed by atoms with Crippen LogP contribution in [0.15, 0.2) is 47.3 Å². The summed E-state index contributed by atoms with van der Waals surface area (Å²) in [4.78, 5) is 32.0. The Morgan fingerprint density at radius 1 is 1.03 bits per heavy atom. The average Bonchev–Trinajstić information content (AvgIpc) is 2.73. The number of nitrogens with one attached hydrogen (secondary N) is 1. The van der Waals surface area contributed by atoms with E-state index in [-0.39, 0.29) is 18.1 Å². The Labute approximate surface area is 170 Å². The Morgan fingerprint density at radius 3 is 2.55 bits per heavy atom. The van der Waals surface area contributed by atoms with Gasteiger partial charge >= 0.3 is 5.69 Å². The molecule has 0 radical (unpaired) electrons. The van der Waals surface area contributed by atoms with Crippen molar-refractivity contribution in [2.75, 3.05) is 23.3 Å². The van der Waals surface area contributed by atoms with E-state index in [4.69, 9.17) is 0 Å². The molecule has 1 saturated heterocycles. The SMILES string of the molecule is Cc1ccc(NC(=O)Cn2c(=O)nc(N3CCCCC3)c3ccccc32)cc1C. The first-order valence-corrected chi connectivity index (χ1v) is 10.1. The number of para-hydroxylation sites is 1. The van der Waals surface area contributed by atoms with Gasteiger partial charge < -0.3 is 10.2 Å². The van der Waals surface area contributed by atoms with Gasteiger partial charge in [-0.25, -0.2) is 4.79 Å². The fourth-order valence-electron chi connectivity index (χ4n) is 3.88. The molecule has 0 aliphatic carbocycles. The second kappa shape index (κ2) is 8.07. The van der Waals surface area contributed by atoms with Crippen molar-refractivity contribution in [3.05, 3.63) is 64.1 Å². The lowest BCUT2D eigenvalue weighted by atomic mass is 10.1. The number of anilines is 2. The number of amides is 1. The summed E-state index contributed by atoms with van der Waals surface area (Å²) in [5, 5.41) is 3.80. The summed E-state index contributed by atoms with van der Waals surface area (Å²) in [5.74, 6) is 0.490. The van der Waals surface area contributed by atoms with Crippen LogP contribution in [0.25, 0.3) is 10.9 Å². The van der Waals surface area contributed by atoms with Crippen molar-refractivity contribution in [1.82, 2.24) is 9.55 Å². The van der Waals surface area contributed by atoms with E-state index in [1.165, 1.54) is 16.6 Å². The first-order chi connectivity index (χ1) is 14.0. The molecule has 1 fully saturated rings. The molecule has 2 heterocycles. The van der Waals surface area contributed by atoms with Gasteiger partial charge in [-0.3, -0.25) is 9.36 Å². The third-order valence-corrected chi connectivity index (χ3v) is 5.62. The number of hydrogen-bond acceptors (Lipinski definition) is 4. The molecule has 3 aromatic rings. The first-order valence-electron chi connectivity index (χ1n) is 10.1. The molecule has 6 nitrogen and oxygen atoms in total. The molecule has 1 aliphatic heterocycles. The predicted octanol–water partition coefficient (Wildman–Crippen LogP) is 3.64. The van der Waals surface area contributed by atoms with Gasteiger partial charge in [-0.15, -0.1) is 0 Å².